The number of rotatable bonds is 5. The van der Waals surface area contributed by atoms with Crippen molar-refractivity contribution in [1.82, 2.24) is 0 Å². The Kier molecular flexibility index (Phi) is 5.15. The van der Waals surface area contributed by atoms with Gasteiger partial charge in [-0.15, -0.1) is 24.5 Å². The number of amides is 1. The topological polar surface area (TPSA) is 88.8 Å². The van der Waals surface area contributed by atoms with E-state index >= 15 is 0 Å². The van der Waals surface area contributed by atoms with Crippen LogP contribution in [0.15, 0.2) is 65.1 Å². The van der Waals surface area contributed by atoms with Crippen LogP contribution in [0.5, 0.6) is 5.75 Å². The van der Waals surface area contributed by atoms with Crippen LogP contribution >= 0.6 is 11.3 Å². The monoisotopic (exact) mass is 447 g/mol. The molecule has 158 valence electrons. The number of hydrogen-bond acceptors (Lipinski definition) is 5. The molecule has 0 aliphatic rings. The number of carboxylic acid groups (broad SMARTS) is 1. The van der Waals surface area contributed by atoms with E-state index in [4.69, 9.17) is 4.42 Å². The summed E-state index contributed by atoms with van der Waals surface area (Å²) in [5.74, 6) is -2.27. The lowest BCUT2D eigenvalue weighted by molar-refractivity contribution is -0.274. The molecule has 0 radical (unpaired) electrons. The van der Waals surface area contributed by atoms with Crippen molar-refractivity contribution in [3.05, 3.63) is 71.3 Å². The number of nitrogens with one attached hydrogen (secondary N) is 1. The Morgan fingerprint density at radius 1 is 1.03 bits per heavy atom. The first-order valence-electron chi connectivity index (χ1n) is 8.73. The van der Waals surface area contributed by atoms with Gasteiger partial charge in [0.2, 0.25) is 0 Å². The van der Waals surface area contributed by atoms with Crippen LogP contribution in [0.3, 0.4) is 0 Å². The Morgan fingerprint density at radius 2 is 1.74 bits per heavy atom. The second kappa shape index (κ2) is 7.80. The standard InChI is InChI=1S/C21H12F3NO5S/c22-21(23,24)30-13-7-5-11(6-8-13)17-10-14(18(31-17)20(27)28)25-19(26)16-9-12-3-1-2-4-15(12)29-16/h1-10H,(H,25,26)(H,27,28). The molecule has 0 saturated heterocycles. The Bertz CT molecular complexity index is 1240. The maximum Gasteiger partial charge on any atom is 0.573 e. The van der Waals surface area contributed by atoms with Crippen LogP contribution in [-0.4, -0.2) is 23.3 Å². The van der Waals surface area contributed by atoms with E-state index in [1.54, 1.807) is 24.3 Å². The van der Waals surface area contributed by atoms with Crippen LogP contribution in [0.2, 0.25) is 0 Å². The molecule has 0 aliphatic carbocycles. The van der Waals surface area contributed by atoms with Crippen LogP contribution in [0, 0.1) is 0 Å². The first-order valence-corrected chi connectivity index (χ1v) is 9.54. The van der Waals surface area contributed by atoms with Gasteiger partial charge in [0.15, 0.2) is 5.76 Å². The summed E-state index contributed by atoms with van der Waals surface area (Å²) in [6.45, 7) is 0. The molecule has 2 aromatic carbocycles. The Hall–Kier alpha value is -3.79. The third kappa shape index (κ3) is 4.53. The average Bonchev–Trinajstić information content (AvgIpc) is 3.31. The van der Waals surface area contributed by atoms with Crippen molar-refractivity contribution in [3.63, 3.8) is 0 Å². The number of halogens is 3. The molecule has 0 fully saturated rings. The van der Waals surface area contributed by atoms with Crippen LogP contribution < -0.4 is 10.1 Å². The van der Waals surface area contributed by atoms with Crippen molar-refractivity contribution in [2.24, 2.45) is 0 Å². The molecule has 0 unspecified atom stereocenters. The van der Waals surface area contributed by atoms with Crippen molar-refractivity contribution >= 4 is 39.9 Å². The van der Waals surface area contributed by atoms with E-state index in [0.717, 1.165) is 28.9 Å². The molecule has 31 heavy (non-hydrogen) atoms. The number of furan rings is 1. The summed E-state index contributed by atoms with van der Waals surface area (Å²) >= 11 is 0.874. The van der Waals surface area contributed by atoms with Gasteiger partial charge >= 0.3 is 12.3 Å². The normalized spacial score (nSPS) is 11.5. The molecule has 2 N–H and O–H groups in total. The molecule has 4 rings (SSSR count). The van der Waals surface area contributed by atoms with Gasteiger partial charge in [-0.3, -0.25) is 4.79 Å². The van der Waals surface area contributed by atoms with Gasteiger partial charge in [-0.1, -0.05) is 18.2 Å². The van der Waals surface area contributed by atoms with Crippen LogP contribution in [0.1, 0.15) is 20.2 Å². The fourth-order valence-corrected chi connectivity index (χ4v) is 3.84. The van der Waals surface area contributed by atoms with Crippen molar-refractivity contribution in [2.45, 2.75) is 6.36 Å². The predicted molar refractivity (Wildman–Crippen MR) is 108 cm³/mol. The van der Waals surface area contributed by atoms with E-state index in [2.05, 4.69) is 10.1 Å². The number of para-hydroxylation sites is 1. The number of anilines is 1. The van der Waals surface area contributed by atoms with Crippen molar-refractivity contribution in [3.8, 4) is 16.2 Å². The maximum atomic E-state index is 12.6. The van der Waals surface area contributed by atoms with Gasteiger partial charge in [-0.05, 0) is 48.0 Å². The van der Waals surface area contributed by atoms with Crippen LogP contribution in [-0.2, 0) is 0 Å². The number of aromatic carboxylic acids is 1. The molecule has 2 aromatic heterocycles. The number of benzene rings is 2. The first-order chi connectivity index (χ1) is 14.7. The smallest absolute Gasteiger partial charge is 0.477 e. The molecule has 0 atom stereocenters. The number of hydrogen-bond donors (Lipinski definition) is 2. The van der Waals surface area contributed by atoms with E-state index < -0.39 is 24.0 Å². The Morgan fingerprint density at radius 3 is 2.39 bits per heavy atom. The lowest BCUT2D eigenvalue weighted by atomic mass is 10.2. The molecular weight excluding hydrogens is 435 g/mol. The van der Waals surface area contributed by atoms with Crippen molar-refractivity contribution < 1.29 is 37.0 Å². The summed E-state index contributed by atoms with van der Waals surface area (Å²) in [5, 5.41) is 12.7. The third-order valence-corrected chi connectivity index (χ3v) is 5.37. The third-order valence-electron chi connectivity index (χ3n) is 4.20. The Balaban J connectivity index is 1.60. The average molecular weight is 447 g/mol. The molecule has 10 heteroatoms. The largest absolute Gasteiger partial charge is 0.573 e. The molecule has 0 spiro atoms. The molecule has 0 saturated carbocycles. The molecule has 6 nitrogen and oxygen atoms in total. The van der Waals surface area contributed by atoms with Gasteiger partial charge in [0.05, 0.1) is 5.69 Å². The highest BCUT2D eigenvalue weighted by Crippen LogP contribution is 2.36. The van der Waals surface area contributed by atoms with E-state index in [1.807, 2.05) is 0 Å². The van der Waals surface area contributed by atoms with Crippen molar-refractivity contribution in [2.75, 3.05) is 5.32 Å². The molecule has 1 amide bonds. The SMILES string of the molecule is O=C(Nc1cc(-c2ccc(OC(F)(F)F)cc2)sc1C(=O)O)c1cc2ccccc2o1. The number of ether oxygens (including phenoxy) is 1. The summed E-state index contributed by atoms with van der Waals surface area (Å²) in [6.07, 6.45) is -4.81. The highest BCUT2D eigenvalue weighted by molar-refractivity contribution is 7.18. The summed E-state index contributed by atoms with van der Waals surface area (Å²) in [7, 11) is 0. The second-order valence-electron chi connectivity index (χ2n) is 6.33. The Labute approximate surface area is 176 Å². The van der Waals surface area contributed by atoms with Crippen LogP contribution in [0.25, 0.3) is 21.4 Å². The van der Waals surface area contributed by atoms with Gasteiger partial charge in [0.1, 0.15) is 16.2 Å². The highest BCUT2D eigenvalue weighted by atomic mass is 32.1. The number of carboxylic acids is 1. The predicted octanol–water partition coefficient (Wildman–Crippen LogP) is 6.01. The van der Waals surface area contributed by atoms with Gasteiger partial charge in [0.25, 0.3) is 5.91 Å². The lowest BCUT2D eigenvalue weighted by Gasteiger charge is -2.08. The summed E-state index contributed by atoms with van der Waals surface area (Å²) in [6, 6.07) is 15.0. The summed E-state index contributed by atoms with van der Waals surface area (Å²) in [4.78, 5) is 24.5. The van der Waals surface area contributed by atoms with Crippen molar-refractivity contribution in [1.29, 1.82) is 0 Å². The lowest BCUT2D eigenvalue weighted by Crippen LogP contribution is -2.16. The molecular formula is C21H12F3NO5S. The number of thiophene rings is 1. The minimum atomic E-state index is -4.81. The first kappa shape index (κ1) is 20.5. The number of alkyl halides is 3. The van der Waals surface area contributed by atoms with Gasteiger partial charge in [0, 0.05) is 10.3 Å². The van der Waals surface area contributed by atoms with E-state index in [9.17, 15) is 27.9 Å². The summed E-state index contributed by atoms with van der Waals surface area (Å²) < 4.78 is 46.2. The molecule has 0 bridgehead atoms. The highest BCUT2D eigenvalue weighted by Gasteiger charge is 2.31. The number of fused-ring (bicyclic) bond motifs is 1. The molecule has 4 aromatic rings. The number of carbonyl (C=O) groups excluding carboxylic acids is 1. The fraction of sp³-hybridized carbons (Fsp3) is 0.0476. The zero-order valence-electron chi connectivity index (χ0n) is 15.4. The quantitative estimate of drug-likeness (QED) is 0.391. The maximum absolute atomic E-state index is 12.6. The minimum Gasteiger partial charge on any atom is -0.477 e. The minimum absolute atomic E-state index is 0.0129. The number of carbonyl (C=O) groups is 2. The van der Waals surface area contributed by atoms with Gasteiger partial charge in [-0.2, -0.15) is 0 Å². The zero-order chi connectivity index (χ0) is 22.2. The second-order valence-corrected chi connectivity index (χ2v) is 7.39. The van der Waals surface area contributed by atoms with E-state index in [1.165, 1.54) is 24.3 Å². The van der Waals surface area contributed by atoms with Crippen LogP contribution in [0.4, 0.5) is 18.9 Å². The molecule has 2 heterocycles. The zero-order valence-corrected chi connectivity index (χ0v) is 16.2. The van der Waals surface area contributed by atoms with Gasteiger partial charge < -0.3 is 19.6 Å². The van der Waals surface area contributed by atoms with E-state index in [0.29, 0.717) is 16.0 Å². The fourth-order valence-electron chi connectivity index (χ4n) is 2.88. The van der Waals surface area contributed by atoms with Gasteiger partial charge in [-0.25, -0.2) is 4.79 Å². The van der Waals surface area contributed by atoms with E-state index in [-0.39, 0.29) is 16.3 Å². The summed E-state index contributed by atoms with van der Waals surface area (Å²) in [5.41, 5.74) is 1.03. The molecule has 0 aliphatic heterocycles.